The standard InChI is InChI=1S/C26H26BrN3O2/c27-17-12-10-16(11-13-17)25-24-20(19-8-4-5-9-21(19)28-24)14-22-26(32)29(15-23(31)30(22)25)18-6-2-1-3-7-18/h4-5,8-13,18,22,25,28H,1-3,6-7,14-15H2/t22-,25+/m0/s1. The largest absolute Gasteiger partial charge is 0.356 e. The van der Waals surface area contributed by atoms with Gasteiger partial charge in [0.15, 0.2) is 0 Å². The summed E-state index contributed by atoms with van der Waals surface area (Å²) in [6, 6.07) is 15.8. The third-order valence-electron chi connectivity index (χ3n) is 7.49. The summed E-state index contributed by atoms with van der Waals surface area (Å²) in [5.41, 5.74) is 4.29. The number of carbonyl (C=O) groups excluding carboxylic acids is 2. The molecule has 6 rings (SSSR count). The maximum Gasteiger partial charge on any atom is 0.246 e. The Kier molecular flexibility index (Phi) is 4.86. The van der Waals surface area contributed by atoms with Gasteiger partial charge in [-0.3, -0.25) is 9.59 Å². The topological polar surface area (TPSA) is 56.4 Å². The monoisotopic (exact) mass is 491 g/mol. The van der Waals surface area contributed by atoms with Gasteiger partial charge in [-0.1, -0.05) is 65.5 Å². The van der Waals surface area contributed by atoms with Crippen LogP contribution < -0.4 is 0 Å². The molecule has 2 amide bonds. The second-order valence-corrected chi connectivity index (χ2v) is 10.2. The maximum atomic E-state index is 13.8. The number of H-pyrrole nitrogens is 1. The van der Waals surface area contributed by atoms with E-state index in [1.807, 2.05) is 34.1 Å². The van der Waals surface area contributed by atoms with E-state index in [1.165, 1.54) is 12.0 Å². The average molecular weight is 492 g/mol. The van der Waals surface area contributed by atoms with E-state index in [-0.39, 0.29) is 30.4 Å². The number of hydrogen-bond acceptors (Lipinski definition) is 2. The lowest BCUT2D eigenvalue weighted by atomic mass is 9.85. The van der Waals surface area contributed by atoms with Crippen LogP contribution in [-0.4, -0.2) is 45.2 Å². The Bertz CT molecular complexity index is 1200. The predicted octanol–water partition coefficient (Wildman–Crippen LogP) is 4.95. The molecule has 2 aliphatic heterocycles. The Morgan fingerprint density at radius 1 is 0.938 bits per heavy atom. The van der Waals surface area contributed by atoms with Crippen molar-refractivity contribution in [3.05, 3.63) is 69.8 Å². The fourth-order valence-corrected chi connectivity index (χ4v) is 6.24. The Hall–Kier alpha value is -2.60. The first-order valence-electron chi connectivity index (χ1n) is 11.6. The van der Waals surface area contributed by atoms with E-state index >= 15 is 0 Å². The van der Waals surface area contributed by atoms with E-state index in [2.05, 4.69) is 45.2 Å². The van der Waals surface area contributed by atoms with Gasteiger partial charge in [0.2, 0.25) is 11.8 Å². The Balaban J connectivity index is 1.48. The van der Waals surface area contributed by atoms with Gasteiger partial charge in [-0.15, -0.1) is 0 Å². The molecule has 3 heterocycles. The number of nitrogens with one attached hydrogen (secondary N) is 1. The highest BCUT2D eigenvalue weighted by Gasteiger charge is 2.49. The van der Waals surface area contributed by atoms with Crippen LogP contribution in [0.3, 0.4) is 0 Å². The highest BCUT2D eigenvalue weighted by molar-refractivity contribution is 9.10. The van der Waals surface area contributed by atoms with Gasteiger partial charge in [0.25, 0.3) is 0 Å². The van der Waals surface area contributed by atoms with Crippen LogP contribution >= 0.6 is 15.9 Å². The Morgan fingerprint density at radius 2 is 1.69 bits per heavy atom. The normalized spacial score (nSPS) is 24.0. The van der Waals surface area contributed by atoms with Crippen molar-refractivity contribution in [1.29, 1.82) is 0 Å². The summed E-state index contributed by atoms with van der Waals surface area (Å²) in [6.07, 6.45) is 6.11. The molecule has 1 aliphatic carbocycles. The molecule has 0 radical (unpaired) electrons. The van der Waals surface area contributed by atoms with Gasteiger partial charge < -0.3 is 14.8 Å². The molecule has 1 N–H and O–H groups in total. The van der Waals surface area contributed by atoms with E-state index in [1.54, 1.807) is 0 Å². The minimum absolute atomic E-state index is 0.0531. The smallest absolute Gasteiger partial charge is 0.246 e. The molecule has 1 aromatic heterocycles. The molecule has 0 unspecified atom stereocenters. The summed E-state index contributed by atoms with van der Waals surface area (Å²) < 4.78 is 0.995. The van der Waals surface area contributed by atoms with Gasteiger partial charge in [-0.2, -0.15) is 0 Å². The zero-order valence-electron chi connectivity index (χ0n) is 17.9. The van der Waals surface area contributed by atoms with Crippen molar-refractivity contribution in [2.45, 2.75) is 56.7 Å². The number of hydrogen-bond donors (Lipinski definition) is 1. The van der Waals surface area contributed by atoms with E-state index in [4.69, 9.17) is 0 Å². The first-order chi connectivity index (χ1) is 15.6. The van der Waals surface area contributed by atoms with Crippen molar-refractivity contribution in [2.75, 3.05) is 6.54 Å². The zero-order valence-corrected chi connectivity index (χ0v) is 19.5. The number of fused-ring (bicyclic) bond motifs is 4. The molecule has 3 aliphatic rings. The van der Waals surface area contributed by atoms with Crippen LogP contribution in [0, 0.1) is 0 Å². The highest BCUT2D eigenvalue weighted by Crippen LogP contribution is 2.43. The molecular formula is C26H26BrN3O2. The number of para-hydroxylation sites is 1. The molecule has 32 heavy (non-hydrogen) atoms. The average Bonchev–Trinajstić information content (AvgIpc) is 3.20. The van der Waals surface area contributed by atoms with Gasteiger partial charge in [0.1, 0.15) is 12.6 Å². The lowest BCUT2D eigenvalue weighted by Gasteiger charge is -2.49. The number of aromatic amines is 1. The van der Waals surface area contributed by atoms with Gasteiger partial charge in [0, 0.05) is 33.5 Å². The molecule has 1 saturated carbocycles. The van der Waals surface area contributed by atoms with Gasteiger partial charge in [-0.05, 0) is 42.2 Å². The fraction of sp³-hybridized carbons (Fsp3) is 0.385. The highest BCUT2D eigenvalue weighted by atomic mass is 79.9. The molecule has 164 valence electrons. The zero-order chi connectivity index (χ0) is 21.8. The first kappa shape index (κ1) is 20.0. The van der Waals surface area contributed by atoms with E-state index in [0.29, 0.717) is 6.42 Å². The van der Waals surface area contributed by atoms with E-state index < -0.39 is 6.04 Å². The van der Waals surface area contributed by atoms with Crippen LogP contribution in [0.4, 0.5) is 0 Å². The number of piperazine rings is 1. The lowest BCUT2D eigenvalue weighted by Crippen LogP contribution is -2.64. The van der Waals surface area contributed by atoms with Crippen LogP contribution in [-0.2, 0) is 16.0 Å². The third kappa shape index (κ3) is 3.11. The van der Waals surface area contributed by atoms with E-state index in [0.717, 1.165) is 52.3 Å². The number of rotatable bonds is 2. The van der Waals surface area contributed by atoms with Crippen LogP contribution in [0.5, 0.6) is 0 Å². The Morgan fingerprint density at radius 3 is 2.47 bits per heavy atom. The number of carbonyl (C=O) groups is 2. The minimum atomic E-state index is -0.446. The molecule has 0 spiro atoms. The van der Waals surface area contributed by atoms with Crippen LogP contribution in [0.1, 0.15) is 55.0 Å². The summed E-state index contributed by atoms with van der Waals surface area (Å²) in [5.74, 6) is 0.173. The number of amides is 2. The summed E-state index contributed by atoms with van der Waals surface area (Å²) in [5, 5.41) is 1.15. The molecule has 2 fully saturated rings. The molecule has 2 aromatic carbocycles. The van der Waals surface area contributed by atoms with Crippen molar-refractivity contribution in [1.82, 2.24) is 14.8 Å². The van der Waals surface area contributed by atoms with Crippen LogP contribution in [0.2, 0.25) is 0 Å². The second kappa shape index (κ2) is 7.77. The quantitative estimate of drug-likeness (QED) is 0.551. The molecule has 2 atom stereocenters. The van der Waals surface area contributed by atoms with Crippen molar-refractivity contribution in [3.63, 3.8) is 0 Å². The molecule has 0 bridgehead atoms. The number of benzene rings is 2. The summed E-state index contributed by atoms with van der Waals surface area (Å²) in [6.45, 7) is 0.197. The van der Waals surface area contributed by atoms with Crippen molar-refractivity contribution < 1.29 is 9.59 Å². The fourth-order valence-electron chi connectivity index (χ4n) is 5.98. The molecule has 5 nitrogen and oxygen atoms in total. The van der Waals surface area contributed by atoms with E-state index in [9.17, 15) is 9.59 Å². The van der Waals surface area contributed by atoms with Crippen molar-refractivity contribution in [3.8, 4) is 0 Å². The van der Waals surface area contributed by atoms with Gasteiger partial charge in [0.05, 0.1) is 6.04 Å². The van der Waals surface area contributed by atoms with Crippen molar-refractivity contribution in [2.24, 2.45) is 0 Å². The maximum absolute atomic E-state index is 13.8. The predicted molar refractivity (Wildman–Crippen MR) is 127 cm³/mol. The van der Waals surface area contributed by atoms with Crippen molar-refractivity contribution >= 4 is 38.6 Å². The molecular weight excluding hydrogens is 466 g/mol. The molecule has 6 heteroatoms. The second-order valence-electron chi connectivity index (χ2n) is 9.30. The molecule has 1 saturated heterocycles. The van der Waals surface area contributed by atoms with Crippen LogP contribution in [0.15, 0.2) is 53.0 Å². The SMILES string of the molecule is O=C1[C@@H]2Cc3c([nH]c4ccccc34)[C@@H](c3ccc(Br)cc3)N2C(=O)CN1C1CCCCC1. The molecule has 3 aromatic rings. The van der Waals surface area contributed by atoms with Crippen LogP contribution in [0.25, 0.3) is 10.9 Å². The number of nitrogens with zero attached hydrogens (tertiary/aromatic N) is 2. The number of aromatic nitrogens is 1. The number of halogens is 1. The Labute approximate surface area is 195 Å². The summed E-state index contributed by atoms with van der Waals surface area (Å²) in [7, 11) is 0. The summed E-state index contributed by atoms with van der Waals surface area (Å²) >= 11 is 3.52. The summed E-state index contributed by atoms with van der Waals surface area (Å²) in [4.78, 5) is 34.8. The van der Waals surface area contributed by atoms with Gasteiger partial charge in [-0.25, -0.2) is 0 Å². The first-order valence-corrected chi connectivity index (χ1v) is 12.4. The lowest BCUT2D eigenvalue weighted by molar-refractivity contribution is -0.161. The minimum Gasteiger partial charge on any atom is -0.356 e. The van der Waals surface area contributed by atoms with Gasteiger partial charge >= 0.3 is 0 Å². The third-order valence-corrected chi connectivity index (χ3v) is 8.02.